The van der Waals surface area contributed by atoms with E-state index in [1.165, 1.54) is 12.1 Å². The molecule has 0 saturated heterocycles. The summed E-state index contributed by atoms with van der Waals surface area (Å²) < 4.78 is 39.5. The lowest BCUT2D eigenvalue weighted by Gasteiger charge is -2.14. The highest BCUT2D eigenvalue weighted by Gasteiger charge is 2.30. The fraction of sp³-hybridized carbons (Fsp3) is 0.500. The van der Waals surface area contributed by atoms with Crippen LogP contribution in [0.25, 0.3) is 0 Å². The van der Waals surface area contributed by atoms with Gasteiger partial charge in [0.2, 0.25) is 0 Å². The van der Waals surface area contributed by atoms with Gasteiger partial charge in [-0.25, -0.2) is 0 Å². The Morgan fingerprint density at radius 1 is 1.06 bits per heavy atom. The Balaban J connectivity index is 2.75. The number of alkyl halides is 3. The molecule has 0 aliphatic heterocycles. The molecule has 0 N–H and O–H groups in total. The number of rotatable bonds is 4. The average molecular weight is 232 g/mol. The van der Waals surface area contributed by atoms with Gasteiger partial charge in [-0.15, -0.1) is 13.2 Å². The van der Waals surface area contributed by atoms with E-state index in [-0.39, 0.29) is 5.75 Å². The van der Waals surface area contributed by atoms with Gasteiger partial charge in [-0.05, 0) is 36.5 Å². The highest BCUT2D eigenvalue weighted by Crippen LogP contribution is 2.27. The second-order valence-corrected chi connectivity index (χ2v) is 3.63. The van der Waals surface area contributed by atoms with Crippen LogP contribution >= 0.6 is 0 Å². The standard InChI is InChI=1S/C12H15F3O/c1-3-9(4-2)10-5-7-11(8-6-10)16-12(13,14)15/h5-9H,3-4H2,1-2H3. The minimum atomic E-state index is -4.61. The Morgan fingerprint density at radius 3 is 1.94 bits per heavy atom. The van der Waals surface area contributed by atoms with Crippen molar-refractivity contribution >= 4 is 0 Å². The molecule has 0 aliphatic carbocycles. The largest absolute Gasteiger partial charge is 0.573 e. The third-order valence-corrected chi connectivity index (χ3v) is 2.57. The van der Waals surface area contributed by atoms with E-state index in [1.54, 1.807) is 12.1 Å². The lowest BCUT2D eigenvalue weighted by Crippen LogP contribution is -2.17. The molecule has 0 saturated carbocycles. The van der Waals surface area contributed by atoms with Gasteiger partial charge < -0.3 is 4.74 Å². The van der Waals surface area contributed by atoms with Gasteiger partial charge in [0, 0.05) is 0 Å². The molecule has 1 aromatic carbocycles. The highest BCUT2D eigenvalue weighted by molar-refractivity contribution is 5.29. The zero-order valence-corrected chi connectivity index (χ0v) is 9.34. The van der Waals surface area contributed by atoms with Gasteiger partial charge in [0.25, 0.3) is 0 Å². The molecular weight excluding hydrogens is 217 g/mol. The maximum atomic E-state index is 11.9. The summed E-state index contributed by atoms with van der Waals surface area (Å²) in [7, 11) is 0. The molecule has 4 heteroatoms. The SMILES string of the molecule is CCC(CC)c1ccc(OC(F)(F)F)cc1. The second kappa shape index (κ2) is 5.23. The number of benzene rings is 1. The Kier molecular flexibility index (Phi) is 4.21. The number of ether oxygens (including phenoxy) is 1. The van der Waals surface area contributed by atoms with Crippen LogP contribution in [-0.2, 0) is 0 Å². The van der Waals surface area contributed by atoms with Crippen LogP contribution in [0.5, 0.6) is 5.75 Å². The molecule has 0 aromatic heterocycles. The Labute approximate surface area is 93.2 Å². The summed E-state index contributed by atoms with van der Waals surface area (Å²) >= 11 is 0. The molecule has 0 aliphatic rings. The van der Waals surface area contributed by atoms with E-state index in [0.717, 1.165) is 18.4 Å². The van der Waals surface area contributed by atoms with Crippen molar-refractivity contribution in [2.75, 3.05) is 0 Å². The fourth-order valence-electron chi connectivity index (χ4n) is 1.70. The van der Waals surface area contributed by atoms with Crippen LogP contribution in [0, 0.1) is 0 Å². The van der Waals surface area contributed by atoms with E-state index in [0.29, 0.717) is 5.92 Å². The molecule has 16 heavy (non-hydrogen) atoms. The Hall–Kier alpha value is -1.19. The van der Waals surface area contributed by atoms with Crippen molar-refractivity contribution in [3.63, 3.8) is 0 Å². The minimum absolute atomic E-state index is 0.165. The van der Waals surface area contributed by atoms with Gasteiger partial charge in [-0.2, -0.15) is 0 Å². The summed E-state index contributed by atoms with van der Waals surface area (Å²) in [5.74, 6) is 0.238. The molecule has 1 rings (SSSR count). The van der Waals surface area contributed by atoms with Crippen LogP contribution in [0.1, 0.15) is 38.2 Å². The number of halogens is 3. The summed E-state index contributed by atoms with van der Waals surface area (Å²) in [6, 6.07) is 6.11. The van der Waals surface area contributed by atoms with Gasteiger partial charge in [-0.1, -0.05) is 26.0 Å². The van der Waals surface area contributed by atoms with Gasteiger partial charge in [0.05, 0.1) is 0 Å². The van der Waals surface area contributed by atoms with Gasteiger partial charge in [0.1, 0.15) is 5.75 Å². The molecule has 0 fully saturated rings. The zero-order chi connectivity index (χ0) is 12.2. The quantitative estimate of drug-likeness (QED) is 0.743. The van der Waals surface area contributed by atoms with Crippen LogP contribution in [-0.4, -0.2) is 6.36 Å². The summed E-state index contributed by atoms with van der Waals surface area (Å²) in [6.07, 6.45) is -2.65. The lowest BCUT2D eigenvalue weighted by molar-refractivity contribution is -0.274. The molecular formula is C12H15F3O. The van der Waals surface area contributed by atoms with E-state index in [4.69, 9.17) is 0 Å². The van der Waals surface area contributed by atoms with Crippen LogP contribution < -0.4 is 4.74 Å². The summed E-state index contributed by atoms with van der Waals surface area (Å²) in [4.78, 5) is 0. The van der Waals surface area contributed by atoms with Crippen LogP contribution in [0.2, 0.25) is 0 Å². The zero-order valence-electron chi connectivity index (χ0n) is 9.34. The minimum Gasteiger partial charge on any atom is -0.406 e. The molecule has 1 aromatic rings. The monoisotopic (exact) mass is 232 g/mol. The predicted octanol–water partition coefficient (Wildman–Crippen LogP) is 4.49. The number of hydrogen-bond acceptors (Lipinski definition) is 1. The molecule has 0 spiro atoms. The first-order valence-electron chi connectivity index (χ1n) is 5.32. The van der Waals surface area contributed by atoms with Crippen LogP contribution in [0.4, 0.5) is 13.2 Å². The molecule has 90 valence electrons. The van der Waals surface area contributed by atoms with Crippen LogP contribution in [0.15, 0.2) is 24.3 Å². The third-order valence-electron chi connectivity index (χ3n) is 2.57. The van der Waals surface area contributed by atoms with Gasteiger partial charge in [-0.3, -0.25) is 0 Å². The summed E-state index contributed by atoms with van der Waals surface area (Å²) in [6.45, 7) is 4.13. The van der Waals surface area contributed by atoms with Crippen molar-refractivity contribution in [2.24, 2.45) is 0 Å². The van der Waals surface area contributed by atoms with Gasteiger partial charge >= 0.3 is 6.36 Å². The maximum absolute atomic E-state index is 11.9. The Morgan fingerprint density at radius 2 is 1.56 bits per heavy atom. The van der Waals surface area contributed by atoms with Crippen molar-refractivity contribution in [1.82, 2.24) is 0 Å². The van der Waals surface area contributed by atoms with Crippen LogP contribution in [0.3, 0.4) is 0 Å². The van der Waals surface area contributed by atoms with E-state index < -0.39 is 6.36 Å². The molecule has 0 bridgehead atoms. The topological polar surface area (TPSA) is 9.23 Å². The molecule has 0 amide bonds. The van der Waals surface area contributed by atoms with Crippen molar-refractivity contribution in [3.8, 4) is 5.75 Å². The lowest BCUT2D eigenvalue weighted by atomic mass is 9.94. The van der Waals surface area contributed by atoms with E-state index in [9.17, 15) is 13.2 Å². The smallest absolute Gasteiger partial charge is 0.406 e. The summed E-state index contributed by atoms with van der Waals surface area (Å²) in [5.41, 5.74) is 1.06. The first kappa shape index (κ1) is 12.9. The summed E-state index contributed by atoms with van der Waals surface area (Å²) in [5, 5.41) is 0. The van der Waals surface area contributed by atoms with E-state index >= 15 is 0 Å². The fourth-order valence-corrected chi connectivity index (χ4v) is 1.70. The van der Waals surface area contributed by atoms with Gasteiger partial charge in [0.15, 0.2) is 0 Å². The first-order valence-corrected chi connectivity index (χ1v) is 5.32. The molecule has 0 atom stereocenters. The maximum Gasteiger partial charge on any atom is 0.573 e. The molecule has 0 radical (unpaired) electrons. The Bertz CT molecular complexity index is 312. The normalized spacial score (nSPS) is 11.9. The third kappa shape index (κ3) is 3.76. The second-order valence-electron chi connectivity index (χ2n) is 3.63. The van der Waals surface area contributed by atoms with E-state index in [1.807, 2.05) is 0 Å². The van der Waals surface area contributed by atoms with Crippen molar-refractivity contribution in [3.05, 3.63) is 29.8 Å². The predicted molar refractivity (Wildman–Crippen MR) is 56.4 cm³/mol. The molecule has 0 heterocycles. The average Bonchev–Trinajstić information content (AvgIpc) is 2.20. The van der Waals surface area contributed by atoms with Crippen molar-refractivity contribution in [1.29, 1.82) is 0 Å². The molecule has 0 unspecified atom stereocenters. The van der Waals surface area contributed by atoms with Crippen molar-refractivity contribution in [2.45, 2.75) is 39.0 Å². The van der Waals surface area contributed by atoms with E-state index in [2.05, 4.69) is 18.6 Å². The molecule has 1 nitrogen and oxygen atoms in total. The first-order chi connectivity index (χ1) is 7.46. The number of hydrogen-bond donors (Lipinski definition) is 0. The highest BCUT2D eigenvalue weighted by atomic mass is 19.4. The van der Waals surface area contributed by atoms with Crippen molar-refractivity contribution < 1.29 is 17.9 Å².